The van der Waals surface area contributed by atoms with Crippen LogP contribution in [0.15, 0.2) is 54.1 Å². The molecule has 4 aliphatic carbocycles. The quantitative estimate of drug-likeness (QED) is 0.616. The van der Waals surface area contributed by atoms with Gasteiger partial charge in [0.15, 0.2) is 5.78 Å². The monoisotopic (exact) mass is 420 g/mol. The molecule has 3 fully saturated rings. The van der Waals surface area contributed by atoms with E-state index in [9.17, 15) is 9.59 Å². The lowest BCUT2D eigenvalue weighted by molar-refractivity contribution is -0.140. The molecule has 1 aromatic rings. The number of carbonyl (C=O) groups excluding carboxylic acids is 2. The molecule has 0 heterocycles. The number of Topliss-reactive ketones (excluding diaryl/α,β-unsaturated/α-hetero) is 1. The first-order valence-electron chi connectivity index (χ1n) is 11.5. The Balaban J connectivity index is 1.34. The van der Waals surface area contributed by atoms with Crippen molar-refractivity contribution in [2.24, 2.45) is 28.6 Å². The van der Waals surface area contributed by atoms with E-state index in [4.69, 9.17) is 0 Å². The second kappa shape index (κ2) is 7.51. The van der Waals surface area contributed by atoms with Crippen molar-refractivity contribution in [2.45, 2.75) is 57.6 Å². The fourth-order valence-corrected chi connectivity index (χ4v) is 8.80. The average Bonchev–Trinajstić information content (AvgIpc) is 3.05. The number of hydrogen-bond acceptors (Lipinski definition) is 3. The SMILES string of the molecule is C[C@]12C=CC(=O)C=C1CCC1C2C(=O)C[C@@]2(C)C1CC[C@H]2SCCc1ccccc1. The van der Waals surface area contributed by atoms with Crippen LogP contribution in [0.1, 0.15) is 51.5 Å². The summed E-state index contributed by atoms with van der Waals surface area (Å²) in [7, 11) is 0. The molecular formula is C27H32O2S. The molecule has 0 aliphatic heterocycles. The topological polar surface area (TPSA) is 34.1 Å². The Labute approximate surface area is 184 Å². The van der Waals surface area contributed by atoms with E-state index in [2.05, 4.69) is 62.0 Å². The molecule has 0 spiro atoms. The molecule has 3 unspecified atom stereocenters. The van der Waals surface area contributed by atoms with Gasteiger partial charge in [0, 0.05) is 23.0 Å². The fourth-order valence-electron chi connectivity index (χ4n) is 7.22. The van der Waals surface area contributed by atoms with Crippen LogP contribution in [0.25, 0.3) is 0 Å². The van der Waals surface area contributed by atoms with E-state index in [1.165, 1.54) is 24.0 Å². The summed E-state index contributed by atoms with van der Waals surface area (Å²) in [6.45, 7) is 4.62. The highest BCUT2D eigenvalue weighted by molar-refractivity contribution is 7.99. The van der Waals surface area contributed by atoms with E-state index >= 15 is 0 Å². The van der Waals surface area contributed by atoms with Gasteiger partial charge in [-0.25, -0.2) is 0 Å². The Morgan fingerprint density at radius 2 is 1.87 bits per heavy atom. The van der Waals surface area contributed by atoms with Gasteiger partial charge in [-0.05, 0) is 72.8 Å². The second-order valence-electron chi connectivity index (χ2n) is 10.3. The number of carbonyl (C=O) groups is 2. The van der Waals surface area contributed by atoms with Crippen LogP contribution in [-0.4, -0.2) is 22.6 Å². The van der Waals surface area contributed by atoms with Crippen molar-refractivity contribution in [1.29, 1.82) is 0 Å². The molecule has 0 radical (unpaired) electrons. The normalized spacial score (nSPS) is 39.9. The minimum Gasteiger partial charge on any atom is -0.299 e. The van der Waals surface area contributed by atoms with Crippen LogP contribution in [0.2, 0.25) is 0 Å². The standard InChI is InChI=1S/C27H32O2S/c1-26-14-12-20(28)16-19(26)8-9-21-22-10-11-24(27(22,2)17-23(29)25(21)26)30-15-13-18-6-4-3-5-7-18/h3-7,12,14,16,21-22,24-25H,8-11,13,15,17H2,1-2H3/t21?,22?,24-,25?,26+,27+/m1/s1. The Kier molecular flexibility index (Phi) is 5.08. The lowest BCUT2D eigenvalue weighted by Crippen LogP contribution is -2.54. The first-order valence-corrected chi connectivity index (χ1v) is 12.6. The van der Waals surface area contributed by atoms with Crippen LogP contribution in [0.4, 0.5) is 0 Å². The summed E-state index contributed by atoms with van der Waals surface area (Å²) in [6, 6.07) is 10.7. The third-order valence-electron chi connectivity index (χ3n) is 8.72. The van der Waals surface area contributed by atoms with Gasteiger partial charge < -0.3 is 0 Å². The Morgan fingerprint density at radius 3 is 2.67 bits per heavy atom. The predicted octanol–water partition coefficient (Wildman–Crippen LogP) is 5.82. The summed E-state index contributed by atoms with van der Waals surface area (Å²) in [5, 5.41) is 0.587. The Bertz CT molecular complexity index is 916. The summed E-state index contributed by atoms with van der Waals surface area (Å²) >= 11 is 2.10. The molecule has 3 saturated carbocycles. The first kappa shape index (κ1) is 20.3. The molecule has 1 aromatic carbocycles. The number of hydrogen-bond donors (Lipinski definition) is 0. The molecule has 0 saturated heterocycles. The molecule has 0 bridgehead atoms. The van der Waals surface area contributed by atoms with Crippen LogP contribution >= 0.6 is 11.8 Å². The molecule has 4 aliphatic rings. The average molecular weight is 421 g/mol. The van der Waals surface area contributed by atoms with E-state index in [1.807, 2.05) is 6.08 Å². The lowest BCUT2D eigenvalue weighted by atomic mass is 9.48. The number of thioether (sulfide) groups is 1. The number of ketones is 2. The summed E-state index contributed by atoms with van der Waals surface area (Å²) in [4.78, 5) is 25.5. The van der Waals surface area contributed by atoms with E-state index in [1.54, 1.807) is 6.08 Å². The summed E-state index contributed by atoms with van der Waals surface area (Å²) in [6.07, 6.45) is 11.9. The van der Waals surface area contributed by atoms with Gasteiger partial charge in [0.25, 0.3) is 0 Å². The number of rotatable bonds is 4. The largest absolute Gasteiger partial charge is 0.299 e. The molecule has 0 N–H and O–H groups in total. The highest BCUT2D eigenvalue weighted by atomic mass is 32.2. The van der Waals surface area contributed by atoms with Crippen LogP contribution in [0.5, 0.6) is 0 Å². The number of allylic oxidation sites excluding steroid dienone is 4. The minimum absolute atomic E-state index is 0.0630. The summed E-state index contributed by atoms with van der Waals surface area (Å²) < 4.78 is 0. The van der Waals surface area contributed by atoms with Crippen molar-refractivity contribution in [3.8, 4) is 0 Å². The van der Waals surface area contributed by atoms with Crippen LogP contribution in [0.3, 0.4) is 0 Å². The van der Waals surface area contributed by atoms with Crippen LogP contribution in [-0.2, 0) is 16.0 Å². The lowest BCUT2D eigenvalue weighted by Gasteiger charge is -2.55. The smallest absolute Gasteiger partial charge is 0.178 e. The van der Waals surface area contributed by atoms with Gasteiger partial charge in [-0.3, -0.25) is 9.59 Å². The first-order chi connectivity index (χ1) is 14.4. The zero-order chi connectivity index (χ0) is 20.9. The Hall–Kier alpha value is -1.61. The van der Waals surface area contributed by atoms with Gasteiger partial charge in [-0.2, -0.15) is 11.8 Å². The summed E-state index contributed by atoms with van der Waals surface area (Å²) in [5.74, 6) is 2.84. The highest BCUT2D eigenvalue weighted by Gasteiger charge is 2.61. The zero-order valence-corrected chi connectivity index (χ0v) is 18.9. The molecule has 158 valence electrons. The van der Waals surface area contributed by atoms with Crippen molar-refractivity contribution in [3.05, 3.63) is 59.7 Å². The van der Waals surface area contributed by atoms with Gasteiger partial charge in [0.1, 0.15) is 5.78 Å². The molecule has 6 atom stereocenters. The molecule has 0 aromatic heterocycles. The molecular weight excluding hydrogens is 388 g/mol. The van der Waals surface area contributed by atoms with Gasteiger partial charge in [-0.1, -0.05) is 55.8 Å². The van der Waals surface area contributed by atoms with Crippen LogP contribution < -0.4 is 0 Å². The number of fused-ring (bicyclic) bond motifs is 5. The van der Waals surface area contributed by atoms with E-state index < -0.39 is 0 Å². The van der Waals surface area contributed by atoms with Gasteiger partial charge >= 0.3 is 0 Å². The van der Waals surface area contributed by atoms with E-state index in [0.717, 1.165) is 25.0 Å². The Morgan fingerprint density at radius 1 is 1.07 bits per heavy atom. The maximum atomic E-state index is 13.6. The third-order valence-corrected chi connectivity index (χ3v) is 10.3. The molecule has 2 nitrogen and oxygen atoms in total. The zero-order valence-electron chi connectivity index (χ0n) is 18.1. The fraction of sp³-hybridized carbons (Fsp3) is 0.556. The van der Waals surface area contributed by atoms with E-state index in [0.29, 0.717) is 29.3 Å². The maximum Gasteiger partial charge on any atom is 0.178 e. The van der Waals surface area contributed by atoms with Crippen molar-refractivity contribution in [2.75, 3.05) is 5.75 Å². The molecule has 0 amide bonds. The van der Waals surface area contributed by atoms with Gasteiger partial charge in [0.2, 0.25) is 0 Å². The highest BCUT2D eigenvalue weighted by Crippen LogP contribution is 2.65. The van der Waals surface area contributed by atoms with Crippen molar-refractivity contribution < 1.29 is 9.59 Å². The molecule has 30 heavy (non-hydrogen) atoms. The van der Waals surface area contributed by atoms with Crippen molar-refractivity contribution in [3.63, 3.8) is 0 Å². The number of aryl methyl sites for hydroxylation is 1. The van der Waals surface area contributed by atoms with E-state index in [-0.39, 0.29) is 22.5 Å². The molecule has 3 heteroatoms. The van der Waals surface area contributed by atoms with Crippen molar-refractivity contribution in [1.82, 2.24) is 0 Å². The van der Waals surface area contributed by atoms with Gasteiger partial charge in [0.05, 0.1) is 0 Å². The summed E-state index contributed by atoms with van der Waals surface area (Å²) in [5.41, 5.74) is 2.49. The maximum absolute atomic E-state index is 13.6. The molecule has 5 rings (SSSR count). The number of benzene rings is 1. The van der Waals surface area contributed by atoms with Crippen LogP contribution in [0, 0.1) is 28.6 Å². The predicted molar refractivity (Wildman–Crippen MR) is 123 cm³/mol. The van der Waals surface area contributed by atoms with Gasteiger partial charge in [-0.15, -0.1) is 0 Å². The second-order valence-corrected chi connectivity index (χ2v) is 11.6. The third kappa shape index (κ3) is 3.16. The van der Waals surface area contributed by atoms with Crippen molar-refractivity contribution >= 4 is 23.3 Å². The minimum atomic E-state index is -0.242.